The number of halogens is 2. The van der Waals surface area contributed by atoms with Crippen molar-refractivity contribution in [1.29, 1.82) is 0 Å². The Bertz CT molecular complexity index is 854. The number of aromatic nitrogens is 2. The fraction of sp³-hybridized carbons (Fsp3) is 0.421. The molecule has 0 amide bonds. The Hall–Kier alpha value is -2.05. The summed E-state index contributed by atoms with van der Waals surface area (Å²) in [7, 11) is 0. The van der Waals surface area contributed by atoms with E-state index in [1.165, 1.54) is 18.9 Å². The van der Waals surface area contributed by atoms with Gasteiger partial charge in [-0.25, -0.2) is 14.4 Å². The maximum Gasteiger partial charge on any atom is 0.151 e. The summed E-state index contributed by atoms with van der Waals surface area (Å²) in [5.41, 5.74) is 8.15. The molecule has 0 bridgehead atoms. The van der Waals surface area contributed by atoms with Crippen LogP contribution in [-0.4, -0.2) is 28.3 Å². The van der Waals surface area contributed by atoms with Crippen molar-refractivity contribution in [2.24, 2.45) is 16.6 Å². The summed E-state index contributed by atoms with van der Waals surface area (Å²) in [5.74, 6) is 0.723. The van der Waals surface area contributed by atoms with Crippen LogP contribution in [0.25, 0.3) is 0 Å². The van der Waals surface area contributed by atoms with Crippen molar-refractivity contribution < 1.29 is 4.39 Å². The summed E-state index contributed by atoms with van der Waals surface area (Å²) in [4.78, 5) is 13.6. The van der Waals surface area contributed by atoms with Crippen molar-refractivity contribution in [2.45, 2.75) is 38.3 Å². The van der Waals surface area contributed by atoms with E-state index < -0.39 is 5.82 Å². The molecule has 4 rings (SSSR count). The molecule has 1 aromatic carbocycles. The molecule has 1 fully saturated rings. The lowest BCUT2D eigenvalue weighted by atomic mass is 9.84. The van der Waals surface area contributed by atoms with Gasteiger partial charge in [-0.05, 0) is 37.4 Å². The van der Waals surface area contributed by atoms with E-state index >= 15 is 0 Å². The van der Waals surface area contributed by atoms with Gasteiger partial charge >= 0.3 is 0 Å². The van der Waals surface area contributed by atoms with E-state index in [9.17, 15) is 4.39 Å². The summed E-state index contributed by atoms with van der Waals surface area (Å²) < 4.78 is 14.3. The molecule has 1 aromatic heterocycles. The first-order valence-electron chi connectivity index (χ1n) is 8.99. The van der Waals surface area contributed by atoms with Crippen LogP contribution in [0.4, 0.5) is 10.2 Å². The maximum atomic E-state index is 14.3. The van der Waals surface area contributed by atoms with E-state index in [2.05, 4.69) is 20.3 Å². The highest BCUT2D eigenvalue weighted by molar-refractivity contribution is 6.31. The molecule has 0 spiro atoms. The first-order valence-corrected chi connectivity index (χ1v) is 9.37. The van der Waals surface area contributed by atoms with Crippen molar-refractivity contribution in [3.05, 3.63) is 52.2 Å². The molecule has 2 atom stereocenters. The largest absolute Gasteiger partial charge is 0.366 e. The van der Waals surface area contributed by atoms with Gasteiger partial charge in [-0.3, -0.25) is 4.99 Å². The molecule has 3 N–H and O–H groups in total. The molecule has 2 aliphatic rings. The molecule has 2 heterocycles. The minimum Gasteiger partial charge on any atom is -0.366 e. The van der Waals surface area contributed by atoms with Gasteiger partial charge in [0.1, 0.15) is 11.5 Å². The van der Waals surface area contributed by atoms with Crippen LogP contribution < -0.4 is 11.1 Å². The van der Waals surface area contributed by atoms with E-state index in [0.717, 1.165) is 24.4 Å². The number of nitrogens with one attached hydrogen (secondary N) is 1. The third kappa shape index (κ3) is 3.19. The standard InChI is InChI=1S/C19H21ClFN5/c20-13-6-3-5-12(17(13)21)18-19-15(9-23-18)26-16(10-24-19)25-14-7-2-1-4-11(14)8-22/h3,5-6,10-11,14H,1-2,4,7-9,22H2,(H,25,26)/t11-,14-/m0/s1. The van der Waals surface area contributed by atoms with Gasteiger partial charge in [0.05, 0.1) is 29.2 Å². The maximum absolute atomic E-state index is 14.3. The molecule has 0 unspecified atom stereocenters. The summed E-state index contributed by atoms with van der Waals surface area (Å²) in [6.07, 6.45) is 6.38. The Labute approximate surface area is 156 Å². The molecule has 0 saturated heterocycles. The summed E-state index contributed by atoms with van der Waals surface area (Å²) in [6, 6.07) is 5.22. The number of hydrogen-bond donors (Lipinski definition) is 2. The van der Waals surface area contributed by atoms with Crippen LogP contribution >= 0.6 is 11.6 Å². The molecule has 1 aliphatic carbocycles. The topological polar surface area (TPSA) is 76.2 Å². The minimum atomic E-state index is -0.474. The number of nitrogens with two attached hydrogens (primary N) is 1. The number of nitrogens with zero attached hydrogens (tertiary/aromatic N) is 3. The average molecular weight is 374 g/mol. The van der Waals surface area contributed by atoms with Gasteiger partial charge in [0.2, 0.25) is 0 Å². The zero-order chi connectivity index (χ0) is 18.1. The lowest BCUT2D eigenvalue weighted by Gasteiger charge is -2.31. The van der Waals surface area contributed by atoms with Gasteiger partial charge in [-0.1, -0.05) is 30.5 Å². The van der Waals surface area contributed by atoms with E-state index in [0.29, 0.717) is 42.0 Å². The molecule has 136 valence electrons. The monoisotopic (exact) mass is 373 g/mol. The first-order chi connectivity index (χ1) is 12.7. The molecule has 2 aromatic rings. The fourth-order valence-electron chi connectivity index (χ4n) is 3.80. The van der Waals surface area contributed by atoms with Crippen LogP contribution in [0.2, 0.25) is 5.02 Å². The molecule has 1 saturated carbocycles. The first kappa shape index (κ1) is 17.4. The van der Waals surface area contributed by atoms with E-state index in [4.69, 9.17) is 17.3 Å². The Morgan fingerprint density at radius 3 is 2.96 bits per heavy atom. The van der Waals surface area contributed by atoms with Gasteiger partial charge in [0, 0.05) is 11.6 Å². The fourth-order valence-corrected chi connectivity index (χ4v) is 3.98. The van der Waals surface area contributed by atoms with E-state index in [-0.39, 0.29) is 5.02 Å². The number of rotatable bonds is 4. The molecule has 26 heavy (non-hydrogen) atoms. The van der Waals surface area contributed by atoms with Crippen LogP contribution in [0.15, 0.2) is 29.4 Å². The number of anilines is 1. The predicted molar refractivity (Wildman–Crippen MR) is 101 cm³/mol. The zero-order valence-corrected chi connectivity index (χ0v) is 15.1. The highest BCUT2D eigenvalue weighted by Gasteiger charge is 2.27. The van der Waals surface area contributed by atoms with E-state index in [1.807, 2.05) is 0 Å². The molecule has 7 heteroatoms. The molecule has 0 radical (unpaired) electrons. The van der Waals surface area contributed by atoms with Crippen LogP contribution in [0, 0.1) is 11.7 Å². The van der Waals surface area contributed by atoms with Crippen LogP contribution in [0.5, 0.6) is 0 Å². The second-order valence-electron chi connectivity index (χ2n) is 6.85. The summed E-state index contributed by atoms with van der Waals surface area (Å²) in [6.45, 7) is 1.07. The van der Waals surface area contributed by atoms with Gasteiger partial charge in [0.15, 0.2) is 5.82 Å². The molecular weight excluding hydrogens is 353 g/mol. The summed E-state index contributed by atoms with van der Waals surface area (Å²) >= 11 is 5.89. The SMILES string of the molecule is NC[C@@H]1CCCC[C@@H]1Nc1cnc2c(n1)CN=C2c1cccc(Cl)c1F. The van der Waals surface area contributed by atoms with Crippen molar-refractivity contribution in [1.82, 2.24) is 9.97 Å². The Kier molecular flexibility index (Phi) is 4.87. The van der Waals surface area contributed by atoms with Crippen LogP contribution in [0.3, 0.4) is 0 Å². The van der Waals surface area contributed by atoms with Crippen molar-refractivity contribution in [3.63, 3.8) is 0 Å². The number of aliphatic imine (C=N–C) groups is 1. The van der Waals surface area contributed by atoms with Gasteiger partial charge in [0.25, 0.3) is 0 Å². The second kappa shape index (κ2) is 7.29. The number of benzene rings is 1. The van der Waals surface area contributed by atoms with Crippen LogP contribution in [0.1, 0.15) is 42.6 Å². The summed E-state index contributed by atoms with van der Waals surface area (Å²) in [5, 5.41) is 3.57. The van der Waals surface area contributed by atoms with E-state index in [1.54, 1.807) is 18.3 Å². The highest BCUT2D eigenvalue weighted by Crippen LogP contribution is 2.28. The smallest absolute Gasteiger partial charge is 0.151 e. The molecular formula is C19H21ClFN5. The number of hydrogen-bond acceptors (Lipinski definition) is 5. The Morgan fingerprint density at radius 2 is 2.12 bits per heavy atom. The molecule has 5 nitrogen and oxygen atoms in total. The van der Waals surface area contributed by atoms with Gasteiger partial charge in [-0.2, -0.15) is 0 Å². The van der Waals surface area contributed by atoms with Crippen molar-refractivity contribution in [2.75, 3.05) is 11.9 Å². The Balaban J connectivity index is 1.57. The van der Waals surface area contributed by atoms with Crippen molar-refractivity contribution >= 4 is 23.1 Å². The van der Waals surface area contributed by atoms with Gasteiger partial charge in [-0.15, -0.1) is 0 Å². The molecule has 1 aliphatic heterocycles. The lowest BCUT2D eigenvalue weighted by molar-refractivity contribution is 0.332. The average Bonchev–Trinajstić information content (AvgIpc) is 3.07. The number of fused-ring (bicyclic) bond motifs is 1. The predicted octanol–water partition coefficient (Wildman–Crippen LogP) is 3.55. The quantitative estimate of drug-likeness (QED) is 0.859. The van der Waals surface area contributed by atoms with Crippen LogP contribution in [-0.2, 0) is 6.54 Å². The Morgan fingerprint density at radius 1 is 1.27 bits per heavy atom. The highest BCUT2D eigenvalue weighted by atomic mass is 35.5. The third-order valence-electron chi connectivity index (χ3n) is 5.21. The van der Waals surface area contributed by atoms with Gasteiger partial charge < -0.3 is 11.1 Å². The second-order valence-corrected chi connectivity index (χ2v) is 7.26. The lowest BCUT2D eigenvalue weighted by Crippen LogP contribution is -2.37. The van der Waals surface area contributed by atoms with Crippen molar-refractivity contribution in [3.8, 4) is 0 Å². The normalized spacial score (nSPS) is 22.0. The minimum absolute atomic E-state index is 0.0787. The third-order valence-corrected chi connectivity index (χ3v) is 5.50. The zero-order valence-electron chi connectivity index (χ0n) is 14.4.